The van der Waals surface area contributed by atoms with Crippen LogP contribution in [0.3, 0.4) is 0 Å². The number of benzene rings is 2. The van der Waals surface area contributed by atoms with Crippen molar-refractivity contribution in [3.05, 3.63) is 59.7 Å². The summed E-state index contributed by atoms with van der Waals surface area (Å²) in [6.07, 6.45) is 1.41. The van der Waals surface area contributed by atoms with Crippen molar-refractivity contribution in [1.29, 1.82) is 0 Å². The average molecular weight is 350 g/mol. The molecule has 2 aromatic rings. The highest BCUT2D eigenvalue weighted by Gasteiger charge is 2.36. The number of rotatable bonds is 3. The Labute approximate surface area is 150 Å². The zero-order valence-electron chi connectivity index (χ0n) is 14.1. The number of nitrogens with zero attached hydrogens (tertiary/aromatic N) is 2. The molecule has 1 atom stereocenters. The third-order valence-electron chi connectivity index (χ3n) is 5.01. The average Bonchev–Trinajstić information content (AvgIpc) is 3.25. The van der Waals surface area contributed by atoms with Gasteiger partial charge in [0.2, 0.25) is 5.91 Å². The summed E-state index contributed by atoms with van der Waals surface area (Å²) in [7, 11) is 0. The monoisotopic (exact) mass is 350 g/mol. The van der Waals surface area contributed by atoms with Gasteiger partial charge in [-0.1, -0.05) is 18.2 Å². The number of carbonyl (C=O) groups is 3. The van der Waals surface area contributed by atoms with E-state index in [2.05, 4.69) is 0 Å². The van der Waals surface area contributed by atoms with E-state index < -0.39 is 11.9 Å². The van der Waals surface area contributed by atoms with Crippen molar-refractivity contribution < 1.29 is 19.5 Å². The number of anilines is 2. The first-order chi connectivity index (χ1) is 12.6. The molecule has 26 heavy (non-hydrogen) atoms. The number of carbonyl (C=O) groups excluding carboxylic acids is 2. The van der Waals surface area contributed by atoms with E-state index in [1.807, 2.05) is 0 Å². The Hall–Kier alpha value is -3.15. The highest BCUT2D eigenvalue weighted by molar-refractivity contribution is 6.09. The lowest BCUT2D eigenvalue weighted by Crippen LogP contribution is -2.31. The lowest BCUT2D eigenvalue weighted by molar-refractivity contribution is -0.138. The summed E-state index contributed by atoms with van der Waals surface area (Å²) in [6, 6.07) is 14.0. The van der Waals surface area contributed by atoms with Gasteiger partial charge in [-0.3, -0.25) is 14.4 Å². The van der Waals surface area contributed by atoms with Crippen LogP contribution in [-0.2, 0) is 9.59 Å². The van der Waals surface area contributed by atoms with Crippen LogP contribution in [0.15, 0.2) is 48.5 Å². The predicted molar refractivity (Wildman–Crippen MR) is 96.5 cm³/mol. The van der Waals surface area contributed by atoms with Crippen molar-refractivity contribution in [2.75, 3.05) is 22.9 Å². The van der Waals surface area contributed by atoms with Crippen LogP contribution in [0.2, 0.25) is 0 Å². The number of para-hydroxylation sites is 1. The molecule has 0 aromatic heterocycles. The highest BCUT2D eigenvalue weighted by atomic mass is 16.4. The smallest absolute Gasteiger partial charge is 0.312 e. The molecule has 0 saturated carbocycles. The lowest BCUT2D eigenvalue weighted by atomic mass is 10.0. The van der Waals surface area contributed by atoms with Gasteiger partial charge in [0.1, 0.15) is 5.92 Å². The molecule has 2 aliphatic rings. The number of hydrogen-bond acceptors (Lipinski definition) is 3. The summed E-state index contributed by atoms with van der Waals surface area (Å²) >= 11 is 0. The van der Waals surface area contributed by atoms with Gasteiger partial charge in [-0.2, -0.15) is 0 Å². The molecule has 6 heteroatoms. The fourth-order valence-electron chi connectivity index (χ4n) is 3.67. The SMILES string of the molecule is O=C(O)C1CN(C(=O)c2ccc(N3CCCC3=O)cc2)c2ccccc21. The van der Waals surface area contributed by atoms with Gasteiger partial charge >= 0.3 is 5.97 Å². The first kappa shape index (κ1) is 16.3. The molecule has 0 aliphatic carbocycles. The Bertz CT molecular complexity index is 891. The van der Waals surface area contributed by atoms with E-state index in [9.17, 15) is 19.5 Å². The summed E-state index contributed by atoms with van der Waals surface area (Å²) in [5, 5.41) is 9.44. The molecular weight excluding hydrogens is 332 g/mol. The summed E-state index contributed by atoms with van der Waals surface area (Å²) in [5.41, 5.74) is 2.56. The van der Waals surface area contributed by atoms with Crippen molar-refractivity contribution in [3.63, 3.8) is 0 Å². The zero-order valence-corrected chi connectivity index (χ0v) is 14.1. The van der Waals surface area contributed by atoms with Gasteiger partial charge in [0, 0.05) is 36.4 Å². The van der Waals surface area contributed by atoms with Gasteiger partial charge in [-0.15, -0.1) is 0 Å². The van der Waals surface area contributed by atoms with Gasteiger partial charge in [0.05, 0.1) is 0 Å². The molecule has 1 saturated heterocycles. The van der Waals surface area contributed by atoms with Crippen molar-refractivity contribution in [1.82, 2.24) is 0 Å². The molecule has 2 heterocycles. The normalized spacial score (nSPS) is 18.9. The van der Waals surface area contributed by atoms with Gasteiger partial charge < -0.3 is 14.9 Å². The van der Waals surface area contributed by atoms with Crippen LogP contribution in [0.25, 0.3) is 0 Å². The molecule has 2 aliphatic heterocycles. The van der Waals surface area contributed by atoms with Crippen LogP contribution in [0, 0.1) is 0 Å². The molecule has 6 nitrogen and oxygen atoms in total. The number of carboxylic acids is 1. The number of amides is 2. The summed E-state index contributed by atoms with van der Waals surface area (Å²) in [4.78, 5) is 39.5. The van der Waals surface area contributed by atoms with E-state index in [0.717, 1.165) is 12.1 Å². The Balaban J connectivity index is 1.60. The fraction of sp³-hybridized carbons (Fsp3) is 0.250. The molecule has 4 rings (SSSR count). The number of hydrogen-bond donors (Lipinski definition) is 1. The van der Waals surface area contributed by atoms with Crippen molar-refractivity contribution in [2.24, 2.45) is 0 Å². The summed E-state index contributed by atoms with van der Waals surface area (Å²) in [6.45, 7) is 0.825. The van der Waals surface area contributed by atoms with Crippen LogP contribution in [0.5, 0.6) is 0 Å². The molecule has 1 N–H and O–H groups in total. The molecule has 1 unspecified atom stereocenters. The van der Waals surface area contributed by atoms with E-state index in [1.165, 1.54) is 4.90 Å². The Morgan fingerprint density at radius 3 is 2.42 bits per heavy atom. The van der Waals surface area contributed by atoms with Crippen LogP contribution in [-0.4, -0.2) is 36.0 Å². The van der Waals surface area contributed by atoms with Crippen LogP contribution >= 0.6 is 0 Å². The summed E-state index contributed by atoms with van der Waals surface area (Å²) < 4.78 is 0. The minimum absolute atomic E-state index is 0.0989. The van der Waals surface area contributed by atoms with Gasteiger partial charge in [0.25, 0.3) is 5.91 Å². The Kier molecular flexibility index (Phi) is 3.95. The Morgan fingerprint density at radius 1 is 1.04 bits per heavy atom. The number of aliphatic carboxylic acids is 1. The fourth-order valence-corrected chi connectivity index (χ4v) is 3.67. The largest absolute Gasteiger partial charge is 0.481 e. The molecule has 0 bridgehead atoms. The molecule has 132 valence electrons. The van der Waals surface area contributed by atoms with Gasteiger partial charge in [0.15, 0.2) is 0 Å². The molecule has 1 fully saturated rings. The predicted octanol–water partition coefficient (Wildman–Crippen LogP) is 2.64. The lowest BCUT2D eigenvalue weighted by Gasteiger charge is -2.19. The second-order valence-electron chi connectivity index (χ2n) is 6.56. The van der Waals surface area contributed by atoms with Crippen LogP contribution in [0.4, 0.5) is 11.4 Å². The highest BCUT2D eigenvalue weighted by Crippen LogP contribution is 2.37. The van der Waals surface area contributed by atoms with Crippen LogP contribution < -0.4 is 9.80 Å². The van der Waals surface area contributed by atoms with E-state index in [-0.39, 0.29) is 18.4 Å². The molecule has 2 aromatic carbocycles. The topological polar surface area (TPSA) is 77.9 Å². The maximum absolute atomic E-state index is 12.9. The third kappa shape index (κ3) is 2.63. The zero-order chi connectivity index (χ0) is 18.3. The number of fused-ring (bicyclic) bond motifs is 1. The van der Waals surface area contributed by atoms with E-state index >= 15 is 0 Å². The maximum Gasteiger partial charge on any atom is 0.312 e. The van der Waals surface area contributed by atoms with Crippen molar-refractivity contribution in [2.45, 2.75) is 18.8 Å². The minimum atomic E-state index is -0.935. The third-order valence-corrected chi connectivity index (χ3v) is 5.01. The standard InChI is InChI=1S/C20H18N2O4/c23-18-6-3-11-21(18)14-9-7-13(8-10-14)19(24)22-12-16(20(25)26)15-4-1-2-5-17(15)22/h1-2,4-5,7-10,16H,3,6,11-12H2,(H,25,26). The molecular formula is C20H18N2O4. The quantitative estimate of drug-likeness (QED) is 0.923. The second kappa shape index (κ2) is 6.29. The van der Waals surface area contributed by atoms with Gasteiger partial charge in [-0.25, -0.2) is 0 Å². The van der Waals surface area contributed by atoms with E-state index in [0.29, 0.717) is 29.8 Å². The molecule has 0 spiro atoms. The first-order valence-electron chi connectivity index (χ1n) is 8.60. The van der Waals surface area contributed by atoms with E-state index in [1.54, 1.807) is 53.4 Å². The van der Waals surface area contributed by atoms with E-state index in [4.69, 9.17) is 0 Å². The second-order valence-corrected chi connectivity index (χ2v) is 6.56. The first-order valence-corrected chi connectivity index (χ1v) is 8.60. The summed E-state index contributed by atoms with van der Waals surface area (Å²) in [5.74, 6) is -1.78. The number of carboxylic acid groups (broad SMARTS) is 1. The van der Waals surface area contributed by atoms with Crippen molar-refractivity contribution in [3.8, 4) is 0 Å². The maximum atomic E-state index is 12.9. The Morgan fingerprint density at radius 2 is 1.77 bits per heavy atom. The minimum Gasteiger partial charge on any atom is -0.481 e. The molecule has 2 amide bonds. The van der Waals surface area contributed by atoms with Crippen LogP contribution in [0.1, 0.15) is 34.7 Å². The molecule has 0 radical (unpaired) electrons. The van der Waals surface area contributed by atoms with Crippen molar-refractivity contribution >= 4 is 29.2 Å². The van der Waals surface area contributed by atoms with Gasteiger partial charge in [-0.05, 0) is 42.3 Å².